The minimum absolute atomic E-state index is 0.0818. The predicted molar refractivity (Wildman–Crippen MR) is 137 cm³/mol. The van der Waals surface area contributed by atoms with E-state index in [0.717, 1.165) is 17.7 Å². The van der Waals surface area contributed by atoms with Crippen molar-refractivity contribution in [2.75, 3.05) is 26.2 Å². The summed E-state index contributed by atoms with van der Waals surface area (Å²) < 4.78 is 42.5. The molecule has 0 bridgehead atoms. The SMILES string of the molecule is CC(c1nc2ccccc2c(=O)n1Cc1ccccc1)N1CCN(S(=O)(=O)c2ccc(F)cc2)CC1. The van der Waals surface area contributed by atoms with Crippen LogP contribution in [-0.2, 0) is 16.6 Å². The highest BCUT2D eigenvalue weighted by atomic mass is 32.2. The average Bonchev–Trinajstić information content (AvgIpc) is 2.91. The molecule has 1 saturated heterocycles. The van der Waals surface area contributed by atoms with Crippen LogP contribution < -0.4 is 5.56 Å². The van der Waals surface area contributed by atoms with E-state index >= 15 is 0 Å². The summed E-state index contributed by atoms with van der Waals surface area (Å²) in [7, 11) is -3.71. The number of piperazine rings is 1. The van der Waals surface area contributed by atoms with E-state index in [1.54, 1.807) is 10.6 Å². The third-order valence-corrected chi connectivity index (χ3v) is 8.63. The van der Waals surface area contributed by atoms with Crippen molar-refractivity contribution < 1.29 is 12.8 Å². The van der Waals surface area contributed by atoms with Crippen LogP contribution in [0.3, 0.4) is 0 Å². The lowest BCUT2D eigenvalue weighted by atomic mass is 10.1. The largest absolute Gasteiger partial charge is 0.291 e. The first kappa shape index (κ1) is 24.3. The van der Waals surface area contributed by atoms with E-state index in [9.17, 15) is 17.6 Å². The Morgan fingerprint density at radius 2 is 1.53 bits per heavy atom. The van der Waals surface area contributed by atoms with E-state index in [2.05, 4.69) is 4.90 Å². The van der Waals surface area contributed by atoms with E-state index in [4.69, 9.17) is 4.98 Å². The third-order valence-electron chi connectivity index (χ3n) is 6.72. The molecular weight excluding hydrogens is 479 g/mol. The second kappa shape index (κ2) is 9.93. The van der Waals surface area contributed by atoms with Crippen LogP contribution in [0.15, 0.2) is 88.6 Å². The Kier molecular flexibility index (Phi) is 6.70. The van der Waals surface area contributed by atoms with E-state index in [0.29, 0.717) is 49.5 Å². The number of aromatic nitrogens is 2. The number of nitrogens with zero attached hydrogens (tertiary/aromatic N) is 4. The third kappa shape index (κ3) is 4.69. The van der Waals surface area contributed by atoms with Gasteiger partial charge in [0, 0.05) is 26.2 Å². The molecule has 186 valence electrons. The minimum Gasteiger partial charge on any atom is -0.291 e. The number of sulfonamides is 1. The molecule has 1 aliphatic rings. The Hall–Kier alpha value is -3.40. The predicted octanol–water partition coefficient (Wildman–Crippen LogP) is 3.65. The molecule has 0 spiro atoms. The van der Waals surface area contributed by atoms with Gasteiger partial charge in [0.15, 0.2) is 0 Å². The highest BCUT2D eigenvalue weighted by Crippen LogP contribution is 2.24. The number of fused-ring (bicyclic) bond motifs is 1. The van der Waals surface area contributed by atoms with E-state index in [-0.39, 0.29) is 16.5 Å². The fraction of sp³-hybridized carbons (Fsp3) is 0.259. The van der Waals surface area contributed by atoms with Crippen LogP contribution in [0, 0.1) is 5.82 Å². The zero-order valence-corrected chi connectivity index (χ0v) is 20.7. The molecule has 1 aromatic heterocycles. The van der Waals surface area contributed by atoms with Crippen molar-refractivity contribution in [2.45, 2.75) is 24.4 Å². The number of para-hydroxylation sites is 1. The highest BCUT2D eigenvalue weighted by Gasteiger charge is 2.31. The monoisotopic (exact) mass is 506 g/mol. The molecule has 5 rings (SSSR count). The summed E-state index contributed by atoms with van der Waals surface area (Å²) in [5.41, 5.74) is 1.55. The van der Waals surface area contributed by atoms with Crippen LogP contribution in [0.2, 0.25) is 0 Å². The summed E-state index contributed by atoms with van der Waals surface area (Å²) in [5.74, 6) is 0.175. The summed E-state index contributed by atoms with van der Waals surface area (Å²) in [4.78, 5) is 20.6. The number of halogens is 1. The van der Waals surface area contributed by atoms with Gasteiger partial charge in [0.2, 0.25) is 10.0 Å². The van der Waals surface area contributed by atoms with Gasteiger partial charge < -0.3 is 0 Å². The molecular formula is C27H27FN4O3S. The molecule has 0 saturated carbocycles. The molecule has 2 heterocycles. The van der Waals surface area contributed by atoms with Crippen LogP contribution in [0.5, 0.6) is 0 Å². The maximum atomic E-state index is 13.5. The first-order valence-corrected chi connectivity index (χ1v) is 13.3. The maximum absolute atomic E-state index is 13.5. The Labute approximate surface area is 209 Å². The van der Waals surface area contributed by atoms with Gasteiger partial charge in [-0.2, -0.15) is 4.31 Å². The Bertz CT molecular complexity index is 1530. The van der Waals surface area contributed by atoms with Crippen molar-refractivity contribution in [2.24, 2.45) is 0 Å². The summed E-state index contributed by atoms with van der Waals surface area (Å²) in [5, 5.41) is 0.569. The highest BCUT2D eigenvalue weighted by molar-refractivity contribution is 7.89. The molecule has 4 aromatic rings. The molecule has 1 aliphatic heterocycles. The summed E-state index contributed by atoms with van der Waals surface area (Å²) in [6.45, 7) is 3.95. The van der Waals surface area contributed by atoms with Crippen molar-refractivity contribution in [3.05, 3.63) is 106 Å². The molecule has 1 unspecified atom stereocenters. The zero-order chi connectivity index (χ0) is 25.3. The fourth-order valence-corrected chi connectivity index (χ4v) is 6.10. The molecule has 7 nitrogen and oxygen atoms in total. The van der Waals surface area contributed by atoms with Crippen molar-refractivity contribution in [3.8, 4) is 0 Å². The molecule has 0 aliphatic carbocycles. The topological polar surface area (TPSA) is 75.5 Å². The number of benzene rings is 3. The van der Waals surface area contributed by atoms with Gasteiger partial charge in [-0.3, -0.25) is 14.3 Å². The Morgan fingerprint density at radius 1 is 0.889 bits per heavy atom. The normalized spacial score (nSPS) is 16.3. The smallest absolute Gasteiger partial charge is 0.261 e. The summed E-state index contributed by atoms with van der Waals surface area (Å²) in [6, 6.07) is 21.8. The van der Waals surface area contributed by atoms with Crippen molar-refractivity contribution >= 4 is 20.9 Å². The molecule has 3 aromatic carbocycles. The van der Waals surface area contributed by atoms with Crippen LogP contribution in [0.1, 0.15) is 24.4 Å². The van der Waals surface area contributed by atoms with E-state index in [1.807, 2.05) is 55.5 Å². The lowest BCUT2D eigenvalue weighted by molar-refractivity contribution is 0.138. The Morgan fingerprint density at radius 3 is 2.22 bits per heavy atom. The van der Waals surface area contributed by atoms with Gasteiger partial charge in [0.1, 0.15) is 11.6 Å². The van der Waals surface area contributed by atoms with Gasteiger partial charge >= 0.3 is 0 Å². The number of hydrogen-bond donors (Lipinski definition) is 0. The van der Waals surface area contributed by atoms with Crippen molar-refractivity contribution in [3.63, 3.8) is 0 Å². The molecule has 0 amide bonds. The molecule has 0 N–H and O–H groups in total. The molecule has 9 heteroatoms. The summed E-state index contributed by atoms with van der Waals surface area (Å²) in [6.07, 6.45) is 0. The quantitative estimate of drug-likeness (QED) is 0.399. The van der Waals surface area contributed by atoms with Gasteiger partial charge in [0.25, 0.3) is 5.56 Å². The van der Waals surface area contributed by atoms with Gasteiger partial charge in [-0.05, 0) is 48.9 Å². The summed E-state index contributed by atoms with van der Waals surface area (Å²) >= 11 is 0. The first-order valence-electron chi connectivity index (χ1n) is 11.9. The van der Waals surface area contributed by atoms with Gasteiger partial charge in [0.05, 0.1) is 28.4 Å². The maximum Gasteiger partial charge on any atom is 0.261 e. The molecule has 1 atom stereocenters. The van der Waals surface area contributed by atoms with Crippen LogP contribution in [0.25, 0.3) is 10.9 Å². The molecule has 36 heavy (non-hydrogen) atoms. The molecule has 1 fully saturated rings. The van der Waals surface area contributed by atoms with Gasteiger partial charge in [-0.15, -0.1) is 0 Å². The standard InChI is InChI=1S/C27H27FN4O3S/c1-20(30-15-17-31(18-16-30)36(34,35)23-13-11-22(28)12-14-23)26-29-25-10-6-5-9-24(25)27(33)32(26)19-21-7-3-2-4-8-21/h2-14,20H,15-19H2,1H3. The van der Waals surface area contributed by atoms with Gasteiger partial charge in [-0.1, -0.05) is 42.5 Å². The van der Waals surface area contributed by atoms with E-state index < -0.39 is 15.8 Å². The van der Waals surface area contributed by atoms with Crippen LogP contribution in [0.4, 0.5) is 4.39 Å². The minimum atomic E-state index is -3.71. The van der Waals surface area contributed by atoms with Crippen LogP contribution in [-0.4, -0.2) is 53.4 Å². The zero-order valence-electron chi connectivity index (χ0n) is 19.9. The Balaban J connectivity index is 1.42. The number of rotatable bonds is 6. The fourth-order valence-electron chi connectivity index (χ4n) is 4.67. The van der Waals surface area contributed by atoms with Crippen molar-refractivity contribution in [1.82, 2.24) is 18.8 Å². The second-order valence-corrected chi connectivity index (χ2v) is 10.9. The van der Waals surface area contributed by atoms with E-state index in [1.165, 1.54) is 16.4 Å². The van der Waals surface area contributed by atoms with Crippen molar-refractivity contribution in [1.29, 1.82) is 0 Å². The average molecular weight is 507 g/mol. The lowest BCUT2D eigenvalue weighted by Crippen LogP contribution is -2.49. The van der Waals surface area contributed by atoms with Crippen LogP contribution >= 0.6 is 0 Å². The second-order valence-electron chi connectivity index (χ2n) is 8.93. The number of hydrogen-bond acceptors (Lipinski definition) is 5. The first-order chi connectivity index (χ1) is 17.3. The molecule has 0 radical (unpaired) electrons. The van der Waals surface area contributed by atoms with Gasteiger partial charge in [-0.25, -0.2) is 17.8 Å². The lowest BCUT2D eigenvalue weighted by Gasteiger charge is -2.37.